The van der Waals surface area contributed by atoms with E-state index in [9.17, 15) is 23.4 Å². The van der Waals surface area contributed by atoms with E-state index in [0.717, 1.165) is 7.11 Å². The van der Waals surface area contributed by atoms with Crippen molar-refractivity contribution in [1.82, 2.24) is 4.72 Å². The van der Waals surface area contributed by atoms with Crippen LogP contribution in [0, 0.1) is 0 Å². The average Bonchev–Trinajstić information content (AvgIpc) is 2.70. The number of sulfonamides is 1. The number of methoxy groups -OCH3 is 2. The van der Waals surface area contributed by atoms with Crippen LogP contribution >= 0.6 is 0 Å². The van der Waals surface area contributed by atoms with Gasteiger partial charge in [-0.05, 0) is 38.1 Å². The molecule has 2 rings (SSSR count). The minimum Gasteiger partial charge on any atom is -0.497 e. The molecule has 0 aliphatic carbocycles. The number of nitrogens with one attached hydrogen (secondary N) is 1. The zero-order chi connectivity index (χ0) is 21.8. The minimum atomic E-state index is -4.17. The molecule has 10 nitrogen and oxygen atoms in total. The van der Waals surface area contributed by atoms with E-state index in [1.54, 1.807) is 13.8 Å². The number of hydrogen-bond acceptors (Lipinski definition) is 9. The van der Waals surface area contributed by atoms with Gasteiger partial charge in [0, 0.05) is 0 Å². The maximum atomic E-state index is 12.8. The second-order valence-corrected chi connectivity index (χ2v) is 8.88. The number of benzene rings is 1. The number of ether oxygens (including phenoxy) is 4. The van der Waals surface area contributed by atoms with Gasteiger partial charge < -0.3 is 29.2 Å². The molecule has 3 N–H and O–H groups in total. The van der Waals surface area contributed by atoms with Crippen LogP contribution in [-0.2, 0) is 29.0 Å². The molecule has 0 spiro atoms. The fourth-order valence-corrected chi connectivity index (χ4v) is 4.11. The molecule has 1 aliphatic heterocycles. The molecule has 1 fully saturated rings. The van der Waals surface area contributed by atoms with Crippen LogP contribution in [0.4, 0.5) is 0 Å². The Morgan fingerprint density at radius 3 is 2.41 bits per heavy atom. The van der Waals surface area contributed by atoms with Gasteiger partial charge in [0.1, 0.15) is 30.1 Å². The van der Waals surface area contributed by atoms with Gasteiger partial charge in [0.2, 0.25) is 10.0 Å². The van der Waals surface area contributed by atoms with E-state index in [1.807, 2.05) is 0 Å². The van der Waals surface area contributed by atoms with E-state index in [1.165, 1.54) is 31.4 Å². The van der Waals surface area contributed by atoms with Gasteiger partial charge in [-0.2, -0.15) is 4.72 Å². The third-order valence-electron chi connectivity index (χ3n) is 4.40. The van der Waals surface area contributed by atoms with Crippen LogP contribution in [-0.4, -0.2) is 82.0 Å². The topological polar surface area (TPSA) is 141 Å². The molecule has 1 aromatic rings. The number of carbonyl (C=O) groups excluding carboxylic acids is 1. The van der Waals surface area contributed by atoms with Crippen LogP contribution < -0.4 is 9.46 Å². The van der Waals surface area contributed by atoms with Gasteiger partial charge in [-0.15, -0.1) is 0 Å². The lowest BCUT2D eigenvalue weighted by molar-refractivity contribution is -0.249. The quantitative estimate of drug-likeness (QED) is 0.460. The highest BCUT2D eigenvalue weighted by Gasteiger charge is 2.48. The molecule has 0 radical (unpaired) electrons. The Labute approximate surface area is 169 Å². The highest BCUT2D eigenvalue weighted by molar-refractivity contribution is 7.89. The summed E-state index contributed by atoms with van der Waals surface area (Å²) in [6.45, 7) is 2.79. The smallest absolute Gasteiger partial charge is 0.326 e. The summed E-state index contributed by atoms with van der Waals surface area (Å²) in [6.07, 6.45) is -3.80. The van der Waals surface area contributed by atoms with Crippen molar-refractivity contribution >= 4 is 16.0 Å². The summed E-state index contributed by atoms with van der Waals surface area (Å²) in [5.74, 6) is -0.464. The van der Waals surface area contributed by atoms with Gasteiger partial charge in [0.25, 0.3) is 0 Å². The summed E-state index contributed by atoms with van der Waals surface area (Å²) in [6, 6.07) is 4.03. The molecule has 1 saturated heterocycles. The monoisotopic (exact) mass is 433 g/mol. The fraction of sp³-hybridized carbons (Fsp3) is 0.611. The summed E-state index contributed by atoms with van der Waals surface area (Å²) in [5, 5.41) is 19.4. The van der Waals surface area contributed by atoms with Crippen LogP contribution in [0.25, 0.3) is 0 Å². The van der Waals surface area contributed by atoms with Crippen LogP contribution in [0.15, 0.2) is 29.2 Å². The van der Waals surface area contributed by atoms with Crippen molar-refractivity contribution in [3.8, 4) is 5.75 Å². The van der Waals surface area contributed by atoms with E-state index in [2.05, 4.69) is 4.72 Å². The van der Waals surface area contributed by atoms with Crippen molar-refractivity contribution in [2.24, 2.45) is 0 Å². The highest BCUT2D eigenvalue weighted by atomic mass is 32.2. The SMILES string of the molecule is COC(=O)[C@H](NS(=O)(=O)c1ccc(OC)cc1)[C@H]1OC(C)(C)CO[C@@H]1[C@@H](O)CO. The van der Waals surface area contributed by atoms with Crippen molar-refractivity contribution in [3.63, 3.8) is 0 Å². The number of carbonyl (C=O) groups is 1. The third kappa shape index (κ3) is 5.65. The fourth-order valence-electron chi connectivity index (χ4n) is 2.92. The Morgan fingerprint density at radius 2 is 1.90 bits per heavy atom. The standard InChI is InChI=1S/C18H27NO9S/c1-18(2)10-27-15(13(21)9-20)16(28-18)14(17(22)26-4)19-29(23,24)12-7-5-11(25-3)6-8-12/h5-8,13-16,19-21H,9-10H2,1-4H3/t13-,14+,15+,16+/m0/s1. The van der Waals surface area contributed by atoms with E-state index in [0.29, 0.717) is 5.75 Å². The van der Waals surface area contributed by atoms with Gasteiger partial charge >= 0.3 is 5.97 Å². The Hall–Kier alpha value is -1.76. The number of aliphatic hydroxyl groups is 2. The zero-order valence-electron chi connectivity index (χ0n) is 16.7. The molecule has 164 valence electrons. The van der Waals surface area contributed by atoms with Crippen LogP contribution in [0.1, 0.15) is 13.8 Å². The molecule has 4 atom stereocenters. The Kier molecular flexibility index (Phi) is 7.60. The van der Waals surface area contributed by atoms with Crippen molar-refractivity contribution in [1.29, 1.82) is 0 Å². The first kappa shape index (κ1) is 23.5. The molecular formula is C18H27NO9S. The number of rotatable bonds is 8. The number of esters is 1. The summed E-state index contributed by atoms with van der Waals surface area (Å²) in [5.41, 5.74) is -0.867. The lowest BCUT2D eigenvalue weighted by Gasteiger charge is -2.44. The molecule has 0 aromatic heterocycles. The van der Waals surface area contributed by atoms with Crippen LogP contribution in [0.2, 0.25) is 0 Å². The van der Waals surface area contributed by atoms with Gasteiger partial charge in [0.05, 0.1) is 37.9 Å². The van der Waals surface area contributed by atoms with Crippen molar-refractivity contribution < 1.29 is 42.4 Å². The van der Waals surface area contributed by atoms with Crippen LogP contribution in [0.5, 0.6) is 5.75 Å². The van der Waals surface area contributed by atoms with Gasteiger partial charge in [-0.25, -0.2) is 8.42 Å². The molecule has 29 heavy (non-hydrogen) atoms. The maximum Gasteiger partial charge on any atom is 0.326 e. The molecule has 0 bridgehead atoms. The van der Waals surface area contributed by atoms with Crippen molar-refractivity contribution in [2.45, 2.75) is 48.7 Å². The number of hydrogen-bond donors (Lipinski definition) is 3. The van der Waals surface area contributed by atoms with E-state index >= 15 is 0 Å². The van der Waals surface area contributed by atoms with Crippen molar-refractivity contribution in [2.75, 3.05) is 27.4 Å². The molecule has 0 saturated carbocycles. The summed E-state index contributed by atoms with van der Waals surface area (Å²) >= 11 is 0. The first-order valence-electron chi connectivity index (χ1n) is 8.87. The van der Waals surface area contributed by atoms with Crippen molar-refractivity contribution in [3.05, 3.63) is 24.3 Å². The Bertz CT molecular complexity index is 794. The van der Waals surface area contributed by atoms with E-state index in [-0.39, 0.29) is 11.5 Å². The average molecular weight is 433 g/mol. The van der Waals surface area contributed by atoms with E-state index in [4.69, 9.17) is 18.9 Å². The molecule has 0 amide bonds. The predicted octanol–water partition coefficient (Wildman–Crippen LogP) is -0.569. The van der Waals surface area contributed by atoms with E-state index < -0.39 is 52.6 Å². The summed E-state index contributed by atoms with van der Waals surface area (Å²) in [4.78, 5) is 12.3. The largest absolute Gasteiger partial charge is 0.497 e. The highest BCUT2D eigenvalue weighted by Crippen LogP contribution is 2.28. The minimum absolute atomic E-state index is 0.0738. The van der Waals surface area contributed by atoms with Gasteiger partial charge in [0.15, 0.2) is 0 Å². The van der Waals surface area contributed by atoms with Gasteiger partial charge in [-0.1, -0.05) is 0 Å². The lowest BCUT2D eigenvalue weighted by Crippen LogP contribution is -2.63. The molecule has 11 heteroatoms. The maximum absolute atomic E-state index is 12.8. The number of aliphatic hydroxyl groups excluding tert-OH is 2. The zero-order valence-corrected chi connectivity index (χ0v) is 17.5. The second kappa shape index (κ2) is 9.37. The first-order valence-corrected chi connectivity index (χ1v) is 10.4. The molecular weight excluding hydrogens is 406 g/mol. The predicted molar refractivity (Wildman–Crippen MR) is 101 cm³/mol. The first-order chi connectivity index (χ1) is 13.5. The van der Waals surface area contributed by atoms with Crippen LogP contribution in [0.3, 0.4) is 0 Å². The Balaban J connectivity index is 2.38. The normalized spacial score (nSPS) is 23.8. The third-order valence-corrected chi connectivity index (χ3v) is 5.86. The van der Waals surface area contributed by atoms with Gasteiger partial charge in [-0.3, -0.25) is 4.79 Å². The molecule has 1 aromatic carbocycles. The second-order valence-electron chi connectivity index (χ2n) is 7.17. The molecule has 1 aliphatic rings. The summed E-state index contributed by atoms with van der Waals surface area (Å²) < 4.78 is 49.2. The molecule has 1 heterocycles. The Morgan fingerprint density at radius 1 is 1.28 bits per heavy atom. The summed E-state index contributed by atoms with van der Waals surface area (Å²) in [7, 11) is -1.62. The lowest BCUT2D eigenvalue weighted by atomic mass is 9.97. The molecule has 0 unspecified atom stereocenters.